The van der Waals surface area contributed by atoms with E-state index in [1.165, 1.54) is 24.3 Å². The highest BCUT2D eigenvalue weighted by Gasteiger charge is 2.33. The zero-order valence-corrected chi connectivity index (χ0v) is 14.9. The molecule has 0 radical (unpaired) electrons. The fourth-order valence-electron chi connectivity index (χ4n) is 3.68. The summed E-state index contributed by atoms with van der Waals surface area (Å²) in [5.74, 6) is 0.0609. The molecule has 1 amide bonds. The maximum atomic E-state index is 13.1. The molecule has 0 unspecified atom stereocenters. The minimum atomic E-state index is -4.35. The largest absolute Gasteiger partial charge is 0.508 e. The third-order valence-corrected chi connectivity index (χ3v) is 5.04. The number of phenols is 1. The quantitative estimate of drug-likeness (QED) is 0.824. The minimum Gasteiger partial charge on any atom is -0.508 e. The van der Waals surface area contributed by atoms with Crippen molar-refractivity contribution in [1.29, 1.82) is 0 Å². The van der Waals surface area contributed by atoms with Gasteiger partial charge in [0.05, 0.1) is 5.56 Å². The molecule has 1 aliphatic heterocycles. The molecule has 1 heterocycles. The summed E-state index contributed by atoms with van der Waals surface area (Å²) >= 11 is 0. The predicted octanol–water partition coefficient (Wildman–Crippen LogP) is 4.90. The maximum absolute atomic E-state index is 13.1. The zero-order valence-electron chi connectivity index (χ0n) is 14.9. The SMILES string of the molecule is O=C(c1cccc(O)c1)N1CCC[C@@H](CCc2ccccc2C(F)(F)F)C1. The molecule has 27 heavy (non-hydrogen) atoms. The van der Waals surface area contributed by atoms with Crippen LogP contribution >= 0.6 is 0 Å². The molecular formula is C21H22F3NO2. The molecule has 1 aliphatic rings. The van der Waals surface area contributed by atoms with Crippen LogP contribution in [0.1, 0.15) is 40.7 Å². The number of piperidine rings is 1. The van der Waals surface area contributed by atoms with Gasteiger partial charge in [-0.2, -0.15) is 13.2 Å². The highest BCUT2D eigenvalue weighted by Crippen LogP contribution is 2.33. The molecule has 1 fully saturated rings. The predicted molar refractivity (Wildman–Crippen MR) is 96.5 cm³/mol. The van der Waals surface area contributed by atoms with Crippen molar-refractivity contribution in [2.45, 2.75) is 31.9 Å². The Hall–Kier alpha value is -2.50. The molecule has 0 aliphatic carbocycles. The minimum absolute atomic E-state index is 0.0400. The highest BCUT2D eigenvalue weighted by atomic mass is 19.4. The number of hydrogen-bond donors (Lipinski definition) is 1. The van der Waals surface area contributed by atoms with Crippen LogP contribution in [0.2, 0.25) is 0 Å². The fraction of sp³-hybridized carbons (Fsp3) is 0.381. The Morgan fingerprint density at radius 2 is 1.93 bits per heavy atom. The van der Waals surface area contributed by atoms with Crippen LogP contribution in [-0.4, -0.2) is 29.0 Å². The summed E-state index contributed by atoms with van der Waals surface area (Å²) in [5.41, 5.74) is 0.160. The lowest BCUT2D eigenvalue weighted by Gasteiger charge is -2.33. The average molecular weight is 377 g/mol. The van der Waals surface area contributed by atoms with Gasteiger partial charge in [-0.25, -0.2) is 0 Å². The topological polar surface area (TPSA) is 40.5 Å². The molecule has 0 saturated carbocycles. The Kier molecular flexibility index (Phi) is 5.73. The van der Waals surface area contributed by atoms with Crippen molar-refractivity contribution in [3.63, 3.8) is 0 Å². The number of aromatic hydroxyl groups is 1. The van der Waals surface area contributed by atoms with Crippen molar-refractivity contribution in [3.05, 3.63) is 65.2 Å². The molecule has 3 nitrogen and oxygen atoms in total. The Balaban J connectivity index is 1.63. The van der Waals surface area contributed by atoms with Gasteiger partial charge in [0.2, 0.25) is 0 Å². The van der Waals surface area contributed by atoms with Crippen LogP contribution < -0.4 is 0 Å². The van der Waals surface area contributed by atoms with Crippen molar-refractivity contribution >= 4 is 5.91 Å². The fourth-order valence-corrected chi connectivity index (χ4v) is 3.68. The number of halogens is 3. The van der Waals surface area contributed by atoms with E-state index in [9.17, 15) is 23.1 Å². The van der Waals surface area contributed by atoms with Crippen molar-refractivity contribution in [2.24, 2.45) is 5.92 Å². The number of hydrogen-bond acceptors (Lipinski definition) is 2. The molecule has 1 saturated heterocycles. The molecule has 0 spiro atoms. The van der Waals surface area contributed by atoms with E-state index in [1.807, 2.05) is 0 Å². The van der Waals surface area contributed by atoms with Gasteiger partial charge in [0.1, 0.15) is 5.75 Å². The van der Waals surface area contributed by atoms with Crippen LogP contribution in [0.25, 0.3) is 0 Å². The number of carbonyl (C=O) groups excluding carboxylic acids is 1. The number of likely N-dealkylation sites (tertiary alicyclic amines) is 1. The molecule has 144 valence electrons. The first-order valence-electron chi connectivity index (χ1n) is 9.08. The van der Waals surface area contributed by atoms with E-state index in [0.29, 0.717) is 37.1 Å². The van der Waals surface area contributed by atoms with E-state index in [4.69, 9.17) is 0 Å². The third-order valence-electron chi connectivity index (χ3n) is 5.04. The second-order valence-electron chi connectivity index (χ2n) is 7.00. The van der Waals surface area contributed by atoms with Gasteiger partial charge < -0.3 is 10.0 Å². The van der Waals surface area contributed by atoms with Gasteiger partial charge in [-0.3, -0.25) is 4.79 Å². The van der Waals surface area contributed by atoms with Crippen LogP contribution in [0.15, 0.2) is 48.5 Å². The normalized spacial score (nSPS) is 17.7. The number of amides is 1. The summed E-state index contributed by atoms with van der Waals surface area (Å²) in [5, 5.41) is 9.55. The Labute approximate surface area is 156 Å². The molecule has 1 N–H and O–H groups in total. The van der Waals surface area contributed by atoms with Gasteiger partial charge in [-0.05, 0) is 61.4 Å². The van der Waals surface area contributed by atoms with Gasteiger partial charge in [0, 0.05) is 18.7 Å². The van der Waals surface area contributed by atoms with Crippen molar-refractivity contribution in [3.8, 4) is 5.75 Å². The van der Waals surface area contributed by atoms with Crippen LogP contribution in [-0.2, 0) is 12.6 Å². The zero-order chi connectivity index (χ0) is 19.4. The summed E-state index contributed by atoms with van der Waals surface area (Å²) in [7, 11) is 0. The Bertz CT molecular complexity index is 804. The average Bonchev–Trinajstić information content (AvgIpc) is 2.65. The summed E-state index contributed by atoms with van der Waals surface area (Å²) in [6.45, 7) is 1.16. The Morgan fingerprint density at radius 1 is 1.15 bits per heavy atom. The Morgan fingerprint density at radius 3 is 2.67 bits per heavy atom. The number of phenolic OH excluding ortho intramolecular Hbond substituents is 1. The molecule has 0 bridgehead atoms. The lowest BCUT2D eigenvalue weighted by Crippen LogP contribution is -2.40. The first-order valence-corrected chi connectivity index (χ1v) is 9.08. The van der Waals surface area contributed by atoms with Crippen molar-refractivity contribution in [1.82, 2.24) is 4.90 Å². The molecule has 6 heteroatoms. The van der Waals surface area contributed by atoms with Gasteiger partial charge >= 0.3 is 6.18 Å². The third kappa shape index (κ3) is 4.81. The first kappa shape index (κ1) is 19.3. The molecule has 1 atom stereocenters. The van der Waals surface area contributed by atoms with Gasteiger partial charge in [-0.15, -0.1) is 0 Å². The van der Waals surface area contributed by atoms with E-state index in [1.54, 1.807) is 23.1 Å². The number of benzene rings is 2. The molecular weight excluding hydrogens is 355 g/mol. The van der Waals surface area contributed by atoms with E-state index in [0.717, 1.165) is 18.9 Å². The van der Waals surface area contributed by atoms with Gasteiger partial charge in [0.15, 0.2) is 0 Å². The van der Waals surface area contributed by atoms with Crippen LogP contribution in [0.4, 0.5) is 13.2 Å². The molecule has 0 aromatic heterocycles. The van der Waals surface area contributed by atoms with E-state index in [2.05, 4.69) is 0 Å². The monoisotopic (exact) mass is 377 g/mol. The summed E-state index contributed by atoms with van der Waals surface area (Å²) in [4.78, 5) is 14.4. The van der Waals surface area contributed by atoms with E-state index < -0.39 is 11.7 Å². The summed E-state index contributed by atoms with van der Waals surface area (Å²) in [6.07, 6.45) is -1.67. The van der Waals surface area contributed by atoms with Gasteiger partial charge in [-0.1, -0.05) is 24.3 Å². The summed E-state index contributed by atoms with van der Waals surface area (Å²) < 4.78 is 39.4. The van der Waals surface area contributed by atoms with Crippen molar-refractivity contribution < 1.29 is 23.1 Å². The number of aryl methyl sites for hydroxylation is 1. The second kappa shape index (κ2) is 8.03. The standard InChI is InChI=1S/C21H22F3NO2/c22-21(23,24)19-9-2-1-6-16(19)11-10-15-5-4-12-25(14-15)20(27)17-7-3-8-18(26)13-17/h1-3,6-9,13,15,26H,4-5,10-12,14H2/t15-/m0/s1. The lowest BCUT2D eigenvalue weighted by atomic mass is 9.90. The number of rotatable bonds is 4. The lowest BCUT2D eigenvalue weighted by molar-refractivity contribution is -0.138. The molecule has 3 rings (SSSR count). The van der Waals surface area contributed by atoms with E-state index in [-0.39, 0.29) is 17.6 Å². The van der Waals surface area contributed by atoms with Gasteiger partial charge in [0.25, 0.3) is 5.91 Å². The molecule has 2 aromatic carbocycles. The number of alkyl halides is 3. The highest BCUT2D eigenvalue weighted by molar-refractivity contribution is 5.94. The molecule has 2 aromatic rings. The maximum Gasteiger partial charge on any atom is 0.416 e. The van der Waals surface area contributed by atoms with Crippen molar-refractivity contribution in [2.75, 3.05) is 13.1 Å². The van der Waals surface area contributed by atoms with E-state index >= 15 is 0 Å². The van der Waals surface area contributed by atoms with Crippen LogP contribution in [0.5, 0.6) is 5.75 Å². The van der Waals surface area contributed by atoms with Crippen LogP contribution in [0.3, 0.4) is 0 Å². The second-order valence-corrected chi connectivity index (χ2v) is 7.00. The number of carbonyl (C=O) groups is 1. The number of nitrogens with zero attached hydrogens (tertiary/aromatic N) is 1. The van der Waals surface area contributed by atoms with Crippen LogP contribution in [0, 0.1) is 5.92 Å². The smallest absolute Gasteiger partial charge is 0.416 e. The first-order chi connectivity index (χ1) is 12.8. The summed E-state index contributed by atoms with van der Waals surface area (Å²) in [6, 6.07) is 11.9.